The molecule has 0 N–H and O–H groups in total. The average Bonchev–Trinajstić information content (AvgIpc) is 2.28. The summed E-state index contributed by atoms with van der Waals surface area (Å²) >= 11 is 0. The van der Waals surface area contributed by atoms with Crippen LogP contribution in [0.5, 0.6) is 11.5 Å². The fourth-order valence-corrected chi connectivity index (χ4v) is 1.82. The first-order chi connectivity index (χ1) is 8.03. The highest BCUT2D eigenvalue weighted by Crippen LogP contribution is 2.38. The number of ether oxygens (including phenoxy) is 2. The molecule has 0 fully saturated rings. The highest BCUT2D eigenvalue weighted by Gasteiger charge is 2.24. The summed E-state index contributed by atoms with van der Waals surface area (Å²) in [4.78, 5) is 0. The van der Waals surface area contributed by atoms with Crippen LogP contribution in [0.15, 0.2) is 18.2 Å². The summed E-state index contributed by atoms with van der Waals surface area (Å²) in [5.41, 5.74) is 1.80. The lowest BCUT2D eigenvalue weighted by atomic mass is 10.00. The van der Waals surface area contributed by atoms with Crippen molar-refractivity contribution in [3.63, 3.8) is 0 Å². The molecule has 0 aliphatic carbocycles. The Morgan fingerprint density at radius 1 is 1.41 bits per heavy atom. The average molecular weight is 228 g/mol. The molecule has 0 unspecified atom stereocenters. The molecule has 0 saturated carbocycles. The van der Waals surface area contributed by atoms with Crippen LogP contribution in [-0.2, 0) is 0 Å². The molecule has 0 amide bonds. The molecular formula is C15H16O2. The molecule has 0 spiro atoms. The third-order valence-electron chi connectivity index (χ3n) is 2.73. The SMILES string of the molecule is C#CCOc1ccc2c(c1C)OC(C)(C)C=C2. The van der Waals surface area contributed by atoms with Gasteiger partial charge in [0.2, 0.25) is 0 Å². The van der Waals surface area contributed by atoms with Gasteiger partial charge in [0.05, 0.1) is 0 Å². The molecule has 17 heavy (non-hydrogen) atoms. The summed E-state index contributed by atoms with van der Waals surface area (Å²) in [6.07, 6.45) is 9.32. The molecule has 0 aromatic heterocycles. The van der Waals surface area contributed by atoms with Crippen molar-refractivity contribution >= 4 is 6.08 Å². The minimum absolute atomic E-state index is 0.275. The van der Waals surface area contributed by atoms with Crippen molar-refractivity contribution in [2.45, 2.75) is 26.4 Å². The molecule has 0 saturated heterocycles. The Kier molecular flexibility index (Phi) is 2.85. The predicted octanol–water partition coefficient (Wildman–Crippen LogP) is 3.19. The van der Waals surface area contributed by atoms with Gasteiger partial charge in [-0.3, -0.25) is 0 Å². The summed E-state index contributed by atoms with van der Waals surface area (Å²) in [6, 6.07) is 3.91. The van der Waals surface area contributed by atoms with Gasteiger partial charge in [0.15, 0.2) is 0 Å². The molecule has 1 aromatic rings. The van der Waals surface area contributed by atoms with E-state index in [-0.39, 0.29) is 12.2 Å². The minimum atomic E-state index is -0.275. The number of fused-ring (bicyclic) bond motifs is 1. The maximum absolute atomic E-state index is 5.95. The van der Waals surface area contributed by atoms with Gasteiger partial charge in [0.1, 0.15) is 23.7 Å². The normalized spacial score (nSPS) is 15.6. The molecule has 0 atom stereocenters. The lowest BCUT2D eigenvalue weighted by Crippen LogP contribution is -2.28. The van der Waals surface area contributed by atoms with Gasteiger partial charge in [0.25, 0.3) is 0 Å². The zero-order chi connectivity index (χ0) is 12.5. The Morgan fingerprint density at radius 3 is 2.88 bits per heavy atom. The van der Waals surface area contributed by atoms with Crippen molar-refractivity contribution in [3.05, 3.63) is 29.3 Å². The minimum Gasteiger partial charge on any atom is -0.483 e. The van der Waals surface area contributed by atoms with Crippen LogP contribution in [-0.4, -0.2) is 12.2 Å². The van der Waals surface area contributed by atoms with Gasteiger partial charge in [-0.15, -0.1) is 6.42 Å². The molecular weight excluding hydrogens is 212 g/mol. The number of hydrogen-bond acceptors (Lipinski definition) is 2. The van der Waals surface area contributed by atoms with Crippen molar-refractivity contribution in [1.82, 2.24) is 0 Å². The van der Waals surface area contributed by atoms with Crippen molar-refractivity contribution in [1.29, 1.82) is 0 Å². The molecule has 88 valence electrons. The van der Waals surface area contributed by atoms with Crippen LogP contribution in [0.2, 0.25) is 0 Å². The largest absolute Gasteiger partial charge is 0.483 e. The van der Waals surface area contributed by atoms with E-state index in [1.165, 1.54) is 0 Å². The van der Waals surface area contributed by atoms with E-state index in [9.17, 15) is 0 Å². The van der Waals surface area contributed by atoms with E-state index in [4.69, 9.17) is 15.9 Å². The molecule has 1 aliphatic heterocycles. The summed E-state index contributed by atoms with van der Waals surface area (Å²) in [6.45, 7) is 6.32. The maximum atomic E-state index is 5.95. The van der Waals surface area contributed by atoms with E-state index in [0.717, 1.165) is 22.6 Å². The maximum Gasteiger partial charge on any atom is 0.148 e. The Hall–Kier alpha value is -1.88. The van der Waals surface area contributed by atoms with Crippen molar-refractivity contribution in [3.8, 4) is 23.8 Å². The van der Waals surface area contributed by atoms with Crippen LogP contribution in [0.3, 0.4) is 0 Å². The molecule has 1 aliphatic rings. The third-order valence-corrected chi connectivity index (χ3v) is 2.73. The quantitative estimate of drug-likeness (QED) is 0.724. The molecule has 1 heterocycles. The standard InChI is InChI=1S/C15H16O2/c1-5-10-16-13-7-6-12-8-9-15(3,4)17-14(12)11(13)2/h1,6-9H,10H2,2-4H3. The number of terminal acetylenes is 1. The zero-order valence-electron chi connectivity index (χ0n) is 10.4. The topological polar surface area (TPSA) is 18.5 Å². The summed E-state index contributed by atoms with van der Waals surface area (Å²) in [5, 5.41) is 0. The summed E-state index contributed by atoms with van der Waals surface area (Å²) in [7, 11) is 0. The van der Waals surface area contributed by atoms with E-state index in [1.807, 2.05) is 32.9 Å². The second kappa shape index (κ2) is 4.18. The first kappa shape index (κ1) is 11.6. The highest BCUT2D eigenvalue weighted by molar-refractivity contribution is 5.65. The van der Waals surface area contributed by atoms with Crippen molar-refractivity contribution in [2.24, 2.45) is 0 Å². The van der Waals surface area contributed by atoms with Gasteiger partial charge in [-0.1, -0.05) is 12.0 Å². The van der Waals surface area contributed by atoms with Crippen LogP contribution in [0, 0.1) is 19.3 Å². The monoisotopic (exact) mass is 228 g/mol. The third kappa shape index (κ3) is 2.29. The van der Waals surface area contributed by atoms with Crippen LogP contribution < -0.4 is 9.47 Å². The lowest BCUT2D eigenvalue weighted by Gasteiger charge is -2.29. The first-order valence-electron chi connectivity index (χ1n) is 5.61. The molecule has 0 bridgehead atoms. The number of hydrogen-bond donors (Lipinski definition) is 0. The van der Waals surface area contributed by atoms with Crippen LogP contribution >= 0.6 is 0 Å². The van der Waals surface area contributed by atoms with Gasteiger partial charge in [-0.05, 0) is 39.0 Å². The number of benzene rings is 1. The van der Waals surface area contributed by atoms with Gasteiger partial charge in [-0.25, -0.2) is 0 Å². The van der Waals surface area contributed by atoms with E-state index in [0.29, 0.717) is 0 Å². The van der Waals surface area contributed by atoms with Gasteiger partial charge in [-0.2, -0.15) is 0 Å². The van der Waals surface area contributed by atoms with E-state index in [1.54, 1.807) is 0 Å². The van der Waals surface area contributed by atoms with Gasteiger partial charge in [0, 0.05) is 11.1 Å². The van der Waals surface area contributed by atoms with Crippen molar-refractivity contribution < 1.29 is 9.47 Å². The highest BCUT2D eigenvalue weighted by atomic mass is 16.5. The van der Waals surface area contributed by atoms with E-state index < -0.39 is 0 Å². The fourth-order valence-electron chi connectivity index (χ4n) is 1.82. The second-order valence-corrected chi connectivity index (χ2v) is 4.64. The van der Waals surface area contributed by atoms with Crippen LogP contribution in [0.4, 0.5) is 0 Å². The fraction of sp³-hybridized carbons (Fsp3) is 0.333. The molecule has 2 rings (SSSR count). The lowest BCUT2D eigenvalue weighted by molar-refractivity contribution is 0.157. The second-order valence-electron chi connectivity index (χ2n) is 4.64. The molecule has 1 aromatic carbocycles. The molecule has 2 heteroatoms. The number of rotatable bonds is 2. The van der Waals surface area contributed by atoms with Crippen molar-refractivity contribution in [2.75, 3.05) is 6.61 Å². The van der Waals surface area contributed by atoms with Gasteiger partial charge < -0.3 is 9.47 Å². The summed E-state index contributed by atoms with van der Waals surface area (Å²) in [5.74, 6) is 4.13. The Balaban J connectivity index is 2.40. The summed E-state index contributed by atoms with van der Waals surface area (Å²) < 4.78 is 11.4. The Labute approximate surface area is 102 Å². The van der Waals surface area contributed by atoms with Crippen LogP contribution in [0.1, 0.15) is 25.0 Å². The predicted molar refractivity (Wildman–Crippen MR) is 69.2 cm³/mol. The van der Waals surface area contributed by atoms with Crippen LogP contribution in [0.25, 0.3) is 6.08 Å². The van der Waals surface area contributed by atoms with E-state index >= 15 is 0 Å². The first-order valence-corrected chi connectivity index (χ1v) is 5.61. The molecule has 2 nitrogen and oxygen atoms in total. The Morgan fingerprint density at radius 2 is 2.18 bits per heavy atom. The van der Waals surface area contributed by atoms with E-state index in [2.05, 4.69) is 18.1 Å². The Bertz CT molecular complexity index is 504. The molecule has 0 radical (unpaired) electrons. The smallest absolute Gasteiger partial charge is 0.148 e. The van der Waals surface area contributed by atoms with Gasteiger partial charge >= 0.3 is 0 Å². The zero-order valence-corrected chi connectivity index (χ0v) is 10.4.